The summed E-state index contributed by atoms with van der Waals surface area (Å²) in [5.41, 5.74) is 11.3. The Kier molecular flexibility index (Phi) is 4.82. The quantitative estimate of drug-likeness (QED) is 0.320. The first kappa shape index (κ1) is 19.7. The average Bonchev–Trinajstić information content (AvgIpc) is 3.54. The number of pyridine rings is 1. The van der Waals surface area contributed by atoms with Crippen molar-refractivity contribution in [1.29, 1.82) is 0 Å². The maximum Gasteiger partial charge on any atom is 0.252 e. The lowest BCUT2D eigenvalue weighted by Gasteiger charge is -2.10. The predicted octanol–water partition coefficient (Wildman–Crippen LogP) is 3.76. The molecule has 4 aromatic rings. The van der Waals surface area contributed by atoms with Crippen molar-refractivity contribution < 1.29 is 14.0 Å². The number of aromatic nitrogens is 2. The van der Waals surface area contributed by atoms with Gasteiger partial charge in [-0.1, -0.05) is 12.1 Å². The zero-order valence-electron chi connectivity index (χ0n) is 17.0. The summed E-state index contributed by atoms with van der Waals surface area (Å²) in [7, 11) is 0. The first-order chi connectivity index (χ1) is 15.5. The summed E-state index contributed by atoms with van der Waals surface area (Å²) in [5.74, 6) is -1.44. The van der Waals surface area contributed by atoms with Gasteiger partial charge in [-0.2, -0.15) is 0 Å². The summed E-state index contributed by atoms with van der Waals surface area (Å²) < 4.78 is 15.7. The maximum absolute atomic E-state index is 14.1. The number of nitrogen functional groups attached to an aromatic ring is 1. The molecular formula is C24H20FN5O2. The summed E-state index contributed by atoms with van der Waals surface area (Å²) in [6, 6.07) is 14.4. The lowest BCUT2D eigenvalue weighted by atomic mass is 9.97. The van der Waals surface area contributed by atoms with E-state index in [1.54, 1.807) is 41.3 Å². The summed E-state index contributed by atoms with van der Waals surface area (Å²) in [4.78, 5) is 30.6. The highest BCUT2D eigenvalue weighted by molar-refractivity contribution is 6.20. The SMILES string of the molecule is Nc1ccccc1Nn1cc(C(=O)c2cc(F)ccc2C(=O)NC2CC2)c2cccnc21. The number of halogens is 1. The van der Waals surface area contributed by atoms with Gasteiger partial charge in [0.2, 0.25) is 0 Å². The minimum absolute atomic E-state index is 0.00489. The molecule has 0 spiro atoms. The number of fused-ring (bicyclic) bond motifs is 1. The highest BCUT2D eigenvalue weighted by atomic mass is 19.1. The van der Waals surface area contributed by atoms with Crippen molar-refractivity contribution in [3.05, 3.63) is 89.5 Å². The summed E-state index contributed by atoms with van der Waals surface area (Å²) >= 11 is 0. The second-order valence-corrected chi connectivity index (χ2v) is 7.75. The van der Waals surface area contributed by atoms with Crippen LogP contribution in [-0.4, -0.2) is 27.4 Å². The fourth-order valence-electron chi connectivity index (χ4n) is 3.59. The highest BCUT2D eigenvalue weighted by Crippen LogP contribution is 2.27. The van der Waals surface area contributed by atoms with Crippen molar-refractivity contribution in [2.75, 3.05) is 11.2 Å². The molecule has 0 saturated heterocycles. The van der Waals surface area contributed by atoms with Gasteiger partial charge in [0, 0.05) is 29.4 Å². The maximum atomic E-state index is 14.1. The molecule has 0 bridgehead atoms. The number of nitrogens with two attached hydrogens (primary N) is 1. The number of hydrogen-bond donors (Lipinski definition) is 3. The number of rotatable bonds is 6. The minimum Gasteiger partial charge on any atom is -0.397 e. The van der Waals surface area contributed by atoms with Crippen LogP contribution >= 0.6 is 0 Å². The third-order valence-electron chi connectivity index (χ3n) is 5.39. The van der Waals surface area contributed by atoms with Gasteiger partial charge in [-0.3, -0.25) is 15.0 Å². The molecule has 7 nitrogen and oxygen atoms in total. The van der Waals surface area contributed by atoms with Gasteiger partial charge >= 0.3 is 0 Å². The molecule has 2 heterocycles. The van der Waals surface area contributed by atoms with E-state index in [4.69, 9.17) is 5.73 Å². The van der Waals surface area contributed by atoms with E-state index in [0.29, 0.717) is 28.0 Å². The normalized spacial score (nSPS) is 13.2. The Morgan fingerprint density at radius 3 is 2.62 bits per heavy atom. The molecule has 0 unspecified atom stereocenters. The molecule has 1 aliphatic rings. The summed E-state index contributed by atoms with van der Waals surface area (Å²) in [6.07, 6.45) is 5.01. The van der Waals surface area contributed by atoms with Crippen molar-refractivity contribution >= 4 is 34.1 Å². The van der Waals surface area contributed by atoms with Crippen LogP contribution in [0.5, 0.6) is 0 Å². The molecule has 1 saturated carbocycles. The third kappa shape index (κ3) is 3.66. The van der Waals surface area contributed by atoms with Crippen LogP contribution in [0.3, 0.4) is 0 Å². The fourth-order valence-corrected chi connectivity index (χ4v) is 3.59. The number of ketones is 1. The molecule has 5 rings (SSSR count). The largest absolute Gasteiger partial charge is 0.397 e. The van der Waals surface area contributed by atoms with E-state index in [1.807, 2.05) is 12.1 Å². The Morgan fingerprint density at radius 2 is 1.84 bits per heavy atom. The first-order valence-corrected chi connectivity index (χ1v) is 10.2. The van der Waals surface area contributed by atoms with E-state index in [0.717, 1.165) is 18.9 Å². The highest BCUT2D eigenvalue weighted by Gasteiger charge is 2.27. The standard InChI is InChI=1S/C24H20FN5O2/c25-14-7-10-17(24(32)28-15-8-9-15)18(12-14)22(31)19-13-30(23-16(19)4-3-11-27-23)29-21-6-2-1-5-20(21)26/h1-7,10-13,15,29H,8-9,26H2,(H,28,32). The first-order valence-electron chi connectivity index (χ1n) is 10.2. The fraction of sp³-hybridized carbons (Fsp3) is 0.125. The second-order valence-electron chi connectivity index (χ2n) is 7.75. The smallest absolute Gasteiger partial charge is 0.252 e. The molecule has 2 aromatic carbocycles. The number of amides is 1. The van der Waals surface area contributed by atoms with Crippen molar-refractivity contribution in [3.8, 4) is 0 Å². The van der Waals surface area contributed by atoms with Gasteiger partial charge in [-0.05, 0) is 55.3 Å². The van der Waals surface area contributed by atoms with Crippen LogP contribution in [0.2, 0.25) is 0 Å². The number of hydrogen-bond acceptors (Lipinski definition) is 5. The van der Waals surface area contributed by atoms with Crippen LogP contribution < -0.4 is 16.5 Å². The average molecular weight is 429 g/mol. The zero-order chi connectivity index (χ0) is 22.2. The van der Waals surface area contributed by atoms with Gasteiger partial charge in [0.05, 0.1) is 22.5 Å². The van der Waals surface area contributed by atoms with Gasteiger partial charge in [0.15, 0.2) is 11.4 Å². The van der Waals surface area contributed by atoms with Crippen LogP contribution in [-0.2, 0) is 0 Å². The van der Waals surface area contributed by atoms with Crippen molar-refractivity contribution in [2.45, 2.75) is 18.9 Å². The number of nitrogens with zero attached hydrogens (tertiary/aromatic N) is 2. The minimum atomic E-state index is -0.589. The van der Waals surface area contributed by atoms with Crippen LogP contribution in [0.25, 0.3) is 11.0 Å². The Bertz CT molecular complexity index is 1360. The number of nitrogens with one attached hydrogen (secondary N) is 2. The van der Waals surface area contributed by atoms with Crippen LogP contribution in [0.1, 0.15) is 39.1 Å². The molecule has 0 atom stereocenters. The number of carbonyl (C=O) groups excluding carboxylic acids is 2. The summed E-state index contributed by atoms with van der Waals surface area (Å²) in [6.45, 7) is 0. The van der Waals surface area contributed by atoms with Crippen molar-refractivity contribution in [2.24, 2.45) is 0 Å². The van der Waals surface area contributed by atoms with Gasteiger partial charge in [-0.25, -0.2) is 14.1 Å². The van der Waals surface area contributed by atoms with E-state index in [9.17, 15) is 14.0 Å². The monoisotopic (exact) mass is 429 g/mol. The molecule has 1 aliphatic carbocycles. The Labute approximate surface area is 183 Å². The van der Waals surface area contributed by atoms with Crippen LogP contribution in [0.4, 0.5) is 15.8 Å². The zero-order valence-corrected chi connectivity index (χ0v) is 17.0. The van der Waals surface area contributed by atoms with E-state index < -0.39 is 11.6 Å². The Balaban J connectivity index is 1.58. The number of carbonyl (C=O) groups is 2. The number of anilines is 2. The van der Waals surface area contributed by atoms with E-state index in [1.165, 1.54) is 12.1 Å². The Morgan fingerprint density at radius 1 is 1.03 bits per heavy atom. The third-order valence-corrected chi connectivity index (χ3v) is 5.39. The van der Waals surface area contributed by atoms with Crippen LogP contribution in [0, 0.1) is 5.82 Å². The predicted molar refractivity (Wildman–Crippen MR) is 120 cm³/mol. The van der Waals surface area contributed by atoms with E-state index >= 15 is 0 Å². The molecule has 32 heavy (non-hydrogen) atoms. The second kappa shape index (κ2) is 7.81. The van der Waals surface area contributed by atoms with Crippen molar-refractivity contribution in [1.82, 2.24) is 15.0 Å². The van der Waals surface area contributed by atoms with Gasteiger partial charge in [0.1, 0.15) is 5.82 Å². The van der Waals surface area contributed by atoms with E-state index in [-0.39, 0.29) is 23.1 Å². The van der Waals surface area contributed by atoms with Crippen LogP contribution in [0.15, 0.2) is 67.0 Å². The lowest BCUT2D eigenvalue weighted by Crippen LogP contribution is -2.27. The van der Waals surface area contributed by atoms with Gasteiger partial charge in [0.25, 0.3) is 5.91 Å². The van der Waals surface area contributed by atoms with E-state index in [2.05, 4.69) is 15.7 Å². The molecule has 8 heteroatoms. The molecule has 4 N–H and O–H groups in total. The number of benzene rings is 2. The molecule has 160 valence electrons. The van der Waals surface area contributed by atoms with Crippen molar-refractivity contribution in [3.63, 3.8) is 0 Å². The molecule has 2 aromatic heterocycles. The Hall–Kier alpha value is -4.20. The molecule has 1 fully saturated rings. The number of para-hydroxylation sites is 2. The molecule has 0 aliphatic heterocycles. The molecule has 1 amide bonds. The molecular weight excluding hydrogens is 409 g/mol. The molecule has 0 radical (unpaired) electrons. The van der Waals surface area contributed by atoms with Gasteiger partial charge in [-0.15, -0.1) is 0 Å². The summed E-state index contributed by atoms with van der Waals surface area (Å²) in [5, 5.41) is 3.43. The topological polar surface area (TPSA) is 102 Å². The van der Waals surface area contributed by atoms with Gasteiger partial charge < -0.3 is 11.1 Å². The lowest BCUT2D eigenvalue weighted by molar-refractivity contribution is 0.0939.